The number of urea groups is 1. The predicted molar refractivity (Wildman–Crippen MR) is 81.7 cm³/mol. The third-order valence-electron chi connectivity index (χ3n) is 3.59. The molecule has 1 aliphatic heterocycles. The Labute approximate surface area is 125 Å². The number of Topliss-reactive ketones (excluding diaryl/α,β-unsaturated/α-hetero) is 1. The molecule has 0 spiro atoms. The van der Waals surface area contributed by atoms with Gasteiger partial charge in [0.05, 0.1) is 6.10 Å². The summed E-state index contributed by atoms with van der Waals surface area (Å²) < 4.78 is 5.60. The SMILES string of the molecule is CCO[C@@H]1CCCN(C(=O)Nc2cccc(C(C)=O)c2)C1. The van der Waals surface area contributed by atoms with Crippen LogP contribution in [0.5, 0.6) is 0 Å². The van der Waals surface area contributed by atoms with E-state index < -0.39 is 0 Å². The first-order valence-corrected chi connectivity index (χ1v) is 7.38. The Hall–Kier alpha value is -1.88. The lowest BCUT2D eigenvalue weighted by Crippen LogP contribution is -2.45. The van der Waals surface area contributed by atoms with Crippen molar-refractivity contribution in [2.45, 2.75) is 32.8 Å². The van der Waals surface area contributed by atoms with E-state index in [4.69, 9.17) is 4.74 Å². The fourth-order valence-corrected chi connectivity index (χ4v) is 2.51. The van der Waals surface area contributed by atoms with Crippen LogP contribution in [0, 0.1) is 0 Å². The fourth-order valence-electron chi connectivity index (χ4n) is 2.51. The van der Waals surface area contributed by atoms with Crippen LogP contribution in [0.4, 0.5) is 10.5 Å². The molecule has 1 aliphatic rings. The maximum Gasteiger partial charge on any atom is 0.321 e. The van der Waals surface area contributed by atoms with E-state index in [1.807, 2.05) is 6.92 Å². The number of carbonyl (C=O) groups excluding carboxylic acids is 2. The summed E-state index contributed by atoms with van der Waals surface area (Å²) in [5.74, 6) is -0.0134. The van der Waals surface area contributed by atoms with Gasteiger partial charge in [-0.2, -0.15) is 0 Å². The topological polar surface area (TPSA) is 58.6 Å². The summed E-state index contributed by atoms with van der Waals surface area (Å²) in [7, 11) is 0. The quantitative estimate of drug-likeness (QED) is 0.867. The first kappa shape index (κ1) is 15.5. The number of hydrogen-bond donors (Lipinski definition) is 1. The van der Waals surface area contributed by atoms with Crippen LogP contribution < -0.4 is 5.32 Å². The number of rotatable bonds is 4. The summed E-state index contributed by atoms with van der Waals surface area (Å²) in [6, 6.07) is 6.86. The Balaban J connectivity index is 1.97. The molecule has 2 amide bonds. The Morgan fingerprint density at radius 2 is 2.24 bits per heavy atom. The highest BCUT2D eigenvalue weighted by molar-refractivity contribution is 5.96. The van der Waals surface area contributed by atoms with Crippen LogP contribution in [0.3, 0.4) is 0 Å². The van der Waals surface area contributed by atoms with Crippen LogP contribution in [0.2, 0.25) is 0 Å². The van der Waals surface area contributed by atoms with E-state index in [1.54, 1.807) is 29.2 Å². The number of piperidine rings is 1. The molecule has 0 saturated carbocycles. The monoisotopic (exact) mass is 290 g/mol. The lowest BCUT2D eigenvalue weighted by atomic mass is 10.1. The summed E-state index contributed by atoms with van der Waals surface area (Å²) in [6.07, 6.45) is 2.07. The van der Waals surface area contributed by atoms with E-state index in [2.05, 4.69) is 5.32 Å². The Bertz CT molecular complexity index is 514. The number of likely N-dealkylation sites (tertiary alicyclic amines) is 1. The van der Waals surface area contributed by atoms with Gasteiger partial charge < -0.3 is 15.0 Å². The first-order chi connectivity index (χ1) is 10.1. The molecule has 1 fully saturated rings. The standard InChI is InChI=1S/C16H22N2O3/c1-3-21-15-8-5-9-18(11-15)16(20)17-14-7-4-6-13(10-14)12(2)19/h4,6-7,10,15H,3,5,8-9,11H2,1-2H3,(H,17,20)/t15-/m1/s1. The van der Waals surface area contributed by atoms with E-state index in [0.29, 0.717) is 24.4 Å². The van der Waals surface area contributed by atoms with Gasteiger partial charge in [0.2, 0.25) is 0 Å². The van der Waals surface area contributed by atoms with Gasteiger partial charge in [-0.1, -0.05) is 12.1 Å². The summed E-state index contributed by atoms with van der Waals surface area (Å²) in [6.45, 7) is 5.50. The highest BCUT2D eigenvalue weighted by Gasteiger charge is 2.23. The van der Waals surface area contributed by atoms with Gasteiger partial charge in [-0.15, -0.1) is 0 Å². The summed E-state index contributed by atoms with van der Waals surface area (Å²) >= 11 is 0. The number of anilines is 1. The molecule has 0 aliphatic carbocycles. The zero-order valence-corrected chi connectivity index (χ0v) is 12.6. The highest BCUT2D eigenvalue weighted by Crippen LogP contribution is 2.16. The van der Waals surface area contributed by atoms with Crippen molar-refractivity contribution in [3.8, 4) is 0 Å². The molecule has 114 valence electrons. The van der Waals surface area contributed by atoms with Gasteiger partial charge in [0, 0.05) is 30.9 Å². The van der Waals surface area contributed by atoms with E-state index in [1.165, 1.54) is 6.92 Å². The molecule has 1 saturated heterocycles. The molecule has 5 nitrogen and oxygen atoms in total. The third-order valence-corrected chi connectivity index (χ3v) is 3.59. The number of ketones is 1. The zero-order chi connectivity index (χ0) is 15.2. The van der Waals surface area contributed by atoms with Crippen molar-refractivity contribution in [3.63, 3.8) is 0 Å². The second-order valence-corrected chi connectivity index (χ2v) is 5.23. The van der Waals surface area contributed by atoms with E-state index in [0.717, 1.165) is 19.4 Å². The van der Waals surface area contributed by atoms with Crippen molar-refractivity contribution in [2.24, 2.45) is 0 Å². The Morgan fingerprint density at radius 1 is 1.43 bits per heavy atom. The summed E-state index contributed by atoms with van der Waals surface area (Å²) in [4.78, 5) is 25.4. The van der Waals surface area contributed by atoms with Gasteiger partial charge in [-0.05, 0) is 38.8 Å². The van der Waals surface area contributed by atoms with Crippen molar-refractivity contribution in [3.05, 3.63) is 29.8 Å². The average Bonchev–Trinajstić information content (AvgIpc) is 2.48. The first-order valence-electron chi connectivity index (χ1n) is 7.38. The molecule has 1 heterocycles. The Morgan fingerprint density at radius 3 is 2.95 bits per heavy atom. The average molecular weight is 290 g/mol. The van der Waals surface area contributed by atoms with Crippen LogP contribution in [-0.2, 0) is 4.74 Å². The molecule has 21 heavy (non-hydrogen) atoms. The number of nitrogens with one attached hydrogen (secondary N) is 1. The fraction of sp³-hybridized carbons (Fsp3) is 0.500. The third kappa shape index (κ3) is 4.29. The number of benzene rings is 1. The predicted octanol–water partition coefficient (Wildman–Crippen LogP) is 2.92. The molecule has 0 radical (unpaired) electrons. The van der Waals surface area contributed by atoms with Crippen molar-refractivity contribution in [1.29, 1.82) is 0 Å². The van der Waals surface area contributed by atoms with Gasteiger partial charge in [0.15, 0.2) is 5.78 Å². The smallest absolute Gasteiger partial charge is 0.321 e. The summed E-state index contributed by atoms with van der Waals surface area (Å²) in [5.41, 5.74) is 1.24. The second-order valence-electron chi connectivity index (χ2n) is 5.23. The van der Waals surface area contributed by atoms with Crippen molar-refractivity contribution in [1.82, 2.24) is 4.90 Å². The van der Waals surface area contributed by atoms with Gasteiger partial charge in [0.25, 0.3) is 0 Å². The van der Waals surface area contributed by atoms with Crippen LogP contribution in [0.1, 0.15) is 37.0 Å². The van der Waals surface area contributed by atoms with Crippen LogP contribution in [0.15, 0.2) is 24.3 Å². The van der Waals surface area contributed by atoms with Crippen LogP contribution in [0.25, 0.3) is 0 Å². The van der Waals surface area contributed by atoms with Gasteiger partial charge in [-0.3, -0.25) is 4.79 Å². The number of amides is 2. The van der Waals surface area contributed by atoms with Gasteiger partial charge >= 0.3 is 6.03 Å². The maximum atomic E-state index is 12.3. The zero-order valence-electron chi connectivity index (χ0n) is 12.6. The molecule has 1 aromatic carbocycles. The van der Waals surface area contributed by atoms with Crippen molar-refractivity contribution >= 4 is 17.5 Å². The minimum Gasteiger partial charge on any atom is -0.377 e. The minimum absolute atomic E-state index is 0.0134. The molecule has 1 atom stereocenters. The molecular formula is C16H22N2O3. The lowest BCUT2D eigenvalue weighted by Gasteiger charge is -2.32. The number of ether oxygens (including phenoxy) is 1. The molecule has 0 aromatic heterocycles. The molecule has 1 aromatic rings. The Kier molecular flexibility index (Phi) is 5.33. The summed E-state index contributed by atoms with van der Waals surface area (Å²) in [5, 5.41) is 2.85. The molecule has 2 rings (SSSR count). The highest BCUT2D eigenvalue weighted by atomic mass is 16.5. The molecule has 1 N–H and O–H groups in total. The normalized spacial score (nSPS) is 18.4. The largest absolute Gasteiger partial charge is 0.377 e. The van der Waals surface area contributed by atoms with E-state index >= 15 is 0 Å². The number of hydrogen-bond acceptors (Lipinski definition) is 3. The van der Waals surface area contributed by atoms with Crippen LogP contribution >= 0.6 is 0 Å². The van der Waals surface area contributed by atoms with Gasteiger partial charge in [-0.25, -0.2) is 4.79 Å². The van der Waals surface area contributed by atoms with Crippen molar-refractivity contribution < 1.29 is 14.3 Å². The lowest BCUT2D eigenvalue weighted by molar-refractivity contribution is 0.0181. The maximum absolute atomic E-state index is 12.3. The molecule has 5 heteroatoms. The van der Waals surface area contributed by atoms with Gasteiger partial charge in [0.1, 0.15) is 0 Å². The molecular weight excluding hydrogens is 268 g/mol. The van der Waals surface area contributed by atoms with E-state index in [-0.39, 0.29) is 17.9 Å². The number of carbonyl (C=O) groups is 2. The number of nitrogens with zero attached hydrogens (tertiary/aromatic N) is 1. The molecule has 0 bridgehead atoms. The van der Waals surface area contributed by atoms with Crippen molar-refractivity contribution in [2.75, 3.05) is 25.0 Å². The second kappa shape index (κ2) is 7.22. The van der Waals surface area contributed by atoms with Crippen LogP contribution in [-0.4, -0.2) is 42.5 Å². The molecule has 0 unspecified atom stereocenters. The minimum atomic E-state index is -0.139. The van der Waals surface area contributed by atoms with E-state index in [9.17, 15) is 9.59 Å².